The van der Waals surface area contributed by atoms with Crippen LogP contribution >= 0.6 is 11.3 Å². The first-order valence-corrected chi connectivity index (χ1v) is 9.37. The van der Waals surface area contributed by atoms with Crippen molar-refractivity contribution in [2.24, 2.45) is 0 Å². The Labute approximate surface area is 156 Å². The van der Waals surface area contributed by atoms with Crippen LogP contribution in [0, 0.1) is 19.7 Å². The van der Waals surface area contributed by atoms with E-state index in [1.807, 2.05) is 32.2 Å². The molecule has 26 heavy (non-hydrogen) atoms. The van der Waals surface area contributed by atoms with Gasteiger partial charge in [-0.25, -0.2) is 9.37 Å². The highest BCUT2D eigenvalue weighted by atomic mass is 32.1. The van der Waals surface area contributed by atoms with Crippen molar-refractivity contribution in [2.75, 3.05) is 0 Å². The van der Waals surface area contributed by atoms with Gasteiger partial charge in [-0.3, -0.25) is 4.79 Å². The summed E-state index contributed by atoms with van der Waals surface area (Å²) in [6, 6.07) is 12.5. The fourth-order valence-corrected chi connectivity index (χ4v) is 3.72. The maximum absolute atomic E-state index is 13.3. The van der Waals surface area contributed by atoms with E-state index < -0.39 is 0 Å². The second-order valence-corrected chi connectivity index (χ2v) is 7.34. The van der Waals surface area contributed by atoms with Gasteiger partial charge in [-0.05, 0) is 44.0 Å². The number of nitrogens with one attached hydrogen (secondary N) is 1. The van der Waals surface area contributed by atoms with Gasteiger partial charge in [0, 0.05) is 10.9 Å². The van der Waals surface area contributed by atoms with E-state index in [2.05, 4.69) is 28.5 Å². The first-order valence-electron chi connectivity index (χ1n) is 8.49. The maximum atomic E-state index is 13.3. The second-order valence-electron chi connectivity index (χ2n) is 6.48. The molecule has 0 aliphatic rings. The van der Waals surface area contributed by atoms with E-state index in [0.29, 0.717) is 5.69 Å². The van der Waals surface area contributed by atoms with Gasteiger partial charge in [0.05, 0.1) is 18.2 Å². The molecule has 5 heteroatoms. The zero-order valence-corrected chi connectivity index (χ0v) is 15.9. The van der Waals surface area contributed by atoms with Gasteiger partial charge < -0.3 is 5.32 Å². The molecule has 1 unspecified atom stereocenters. The van der Waals surface area contributed by atoms with Gasteiger partial charge in [0.15, 0.2) is 0 Å². The van der Waals surface area contributed by atoms with Gasteiger partial charge in [0.2, 0.25) is 5.91 Å². The number of hydrogen-bond donors (Lipinski definition) is 1. The van der Waals surface area contributed by atoms with Crippen molar-refractivity contribution in [3.05, 3.63) is 76.0 Å². The lowest BCUT2D eigenvalue weighted by Crippen LogP contribution is -2.28. The highest BCUT2D eigenvalue weighted by Gasteiger charge is 2.14. The highest BCUT2D eigenvalue weighted by molar-refractivity contribution is 7.13. The zero-order chi connectivity index (χ0) is 18.7. The number of aryl methyl sites for hydroxylation is 2. The normalized spacial score (nSPS) is 12.0. The average molecular weight is 368 g/mol. The van der Waals surface area contributed by atoms with Crippen LogP contribution in [-0.4, -0.2) is 10.9 Å². The number of benzene rings is 2. The van der Waals surface area contributed by atoms with E-state index in [9.17, 15) is 9.18 Å². The Kier molecular flexibility index (Phi) is 5.47. The van der Waals surface area contributed by atoms with E-state index in [1.165, 1.54) is 29.0 Å². The number of rotatable bonds is 5. The number of carbonyl (C=O) groups is 1. The molecule has 0 aliphatic carbocycles. The molecule has 1 heterocycles. The Balaban J connectivity index is 1.66. The molecule has 0 radical (unpaired) electrons. The van der Waals surface area contributed by atoms with Crippen molar-refractivity contribution in [1.29, 1.82) is 0 Å². The topological polar surface area (TPSA) is 42.0 Å². The van der Waals surface area contributed by atoms with E-state index in [4.69, 9.17) is 0 Å². The minimum absolute atomic E-state index is 0.0660. The lowest BCUT2D eigenvalue weighted by atomic mass is 10.00. The summed E-state index contributed by atoms with van der Waals surface area (Å²) >= 11 is 1.42. The number of hydrogen-bond acceptors (Lipinski definition) is 3. The Hall–Kier alpha value is -2.53. The molecule has 3 aromatic rings. The van der Waals surface area contributed by atoms with E-state index in [1.54, 1.807) is 6.07 Å². The third kappa shape index (κ3) is 4.35. The van der Waals surface area contributed by atoms with Gasteiger partial charge >= 0.3 is 0 Å². The smallest absolute Gasteiger partial charge is 0.226 e. The number of carbonyl (C=O) groups excluding carboxylic acids is 1. The van der Waals surface area contributed by atoms with Gasteiger partial charge in [0.1, 0.15) is 10.8 Å². The fraction of sp³-hybridized carbons (Fsp3) is 0.238. The molecule has 1 atom stereocenters. The average Bonchev–Trinajstić information content (AvgIpc) is 3.05. The first-order chi connectivity index (χ1) is 12.4. The predicted molar refractivity (Wildman–Crippen MR) is 104 cm³/mol. The Morgan fingerprint density at radius 1 is 1.23 bits per heavy atom. The van der Waals surface area contributed by atoms with Crippen molar-refractivity contribution < 1.29 is 9.18 Å². The van der Waals surface area contributed by atoms with E-state index >= 15 is 0 Å². The van der Waals surface area contributed by atoms with Crippen molar-refractivity contribution >= 4 is 17.2 Å². The minimum Gasteiger partial charge on any atom is -0.349 e. The van der Waals surface area contributed by atoms with E-state index in [0.717, 1.165) is 21.7 Å². The molecule has 0 fully saturated rings. The Morgan fingerprint density at radius 3 is 2.81 bits per heavy atom. The van der Waals surface area contributed by atoms with Crippen molar-refractivity contribution in [3.63, 3.8) is 0 Å². The van der Waals surface area contributed by atoms with Crippen LogP contribution in [0.1, 0.15) is 35.3 Å². The maximum Gasteiger partial charge on any atom is 0.226 e. The number of thiazole rings is 1. The standard InChI is InChI=1S/C21H21FN2OS/c1-13-7-8-14(2)19(9-13)15(3)23-20(25)11-18-12-26-21(24-18)16-5-4-6-17(22)10-16/h4-10,12,15H,11H2,1-3H3,(H,23,25). The van der Waals surface area contributed by atoms with Crippen molar-refractivity contribution in [3.8, 4) is 10.6 Å². The quantitative estimate of drug-likeness (QED) is 0.690. The lowest BCUT2D eigenvalue weighted by molar-refractivity contribution is -0.121. The summed E-state index contributed by atoms with van der Waals surface area (Å²) in [5.41, 5.74) is 4.87. The zero-order valence-electron chi connectivity index (χ0n) is 15.0. The summed E-state index contributed by atoms with van der Waals surface area (Å²) in [6.45, 7) is 6.07. The molecule has 2 aromatic carbocycles. The summed E-state index contributed by atoms with van der Waals surface area (Å²) in [6.07, 6.45) is 0.209. The van der Waals surface area contributed by atoms with Gasteiger partial charge in [-0.2, -0.15) is 0 Å². The molecule has 3 nitrogen and oxygen atoms in total. The van der Waals surface area contributed by atoms with E-state index in [-0.39, 0.29) is 24.2 Å². The van der Waals surface area contributed by atoms with Crippen LogP contribution in [0.2, 0.25) is 0 Å². The molecular formula is C21H21FN2OS. The van der Waals surface area contributed by atoms with Crippen LogP contribution in [0.3, 0.4) is 0 Å². The largest absolute Gasteiger partial charge is 0.349 e. The van der Waals surface area contributed by atoms with Crippen LogP contribution in [0.25, 0.3) is 10.6 Å². The highest BCUT2D eigenvalue weighted by Crippen LogP contribution is 2.25. The number of halogens is 1. The number of nitrogens with zero attached hydrogens (tertiary/aromatic N) is 1. The summed E-state index contributed by atoms with van der Waals surface area (Å²) in [5, 5.41) is 5.60. The molecule has 134 valence electrons. The molecule has 0 spiro atoms. The van der Waals surface area contributed by atoms with Gasteiger partial charge in [-0.15, -0.1) is 11.3 Å². The lowest BCUT2D eigenvalue weighted by Gasteiger charge is -2.17. The Morgan fingerprint density at radius 2 is 2.04 bits per heavy atom. The monoisotopic (exact) mass is 368 g/mol. The summed E-state index contributed by atoms with van der Waals surface area (Å²) < 4.78 is 13.3. The van der Waals surface area contributed by atoms with Gasteiger partial charge in [0.25, 0.3) is 0 Å². The molecule has 1 N–H and O–H groups in total. The fourth-order valence-electron chi connectivity index (χ4n) is 2.90. The summed E-state index contributed by atoms with van der Waals surface area (Å²) in [4.78, 5) is 16.9. The van der Waals surface area contributed by atoms with Crippen LogP contribution in [0.5, 0.6) is 0 Å². The number of amides is 1. The molecular weight excluding hydrogens is 347 g/mol. The van der Waals surface area contributed by atoms with Crippen molar-refractivity contribution in [2.45, 2.75) is 33.2 Å². The van der Waals surface area contributed by atoms with Gasteiger partial charge in [-0.1, -0.05) is 35.9 Å². The van der Waals surface area contributed by atoms with Crippen LogP contribution in [0.4, 0.5) is 4.39 Å². The van der Waals surface area contributed by atoms with Crippen LogP contribution < -0.4 is 5.32 Å². The third-order valence-electron chi connectivity index (χ3n) is 4.24. The molecule has 0 saturated carbocycles. The minimum atomic E-state index is -0.292. The molecule has 0 aliphatic heterocycles. The van der Waals surface area contributed by atoms with Crippen LogP contribution in [0.15, 0.2) is 47.8 Å². The molecule has 0 bridgehead atoms. The second kappa shape index (κ2) is 7.79. The summed E-state index contributed by atoms with van der Waals surface area (Å²) in [7, 11) is 0. The van der Waals surface area contributed by atoms with Crippen LogP contribution in [-0.2, 0) is 11.2 Å². The van der Waals surface area contributed by atoms with Crippen molar-refractivity contribution in [1.82, 2.24) is 10.3 Å². The molecule has 1 aromatic heterocycles. The molecule has 3 rings (SSSR count). The number of aromatic nitrogens is 1. The first kappa shape index (κ1) is 18.3. The molecule has 1 amide bonds. The predicted octanol–water partition coefficient (Wildman–Crippen LogP) is 4.99. The molecule has 0 saturated heterocycles. The SMILES string of the molecule is Cc1ccc(C)c(C(C)NC(=O)Cc2csc(-c3cccc(F)c3)n2)c1. The third-order valence-corrected chi connectivity index (χ3v) is 5.18. The Bertz CT molecular complexity index is 935. The summed E-state index contributed by atoms with van der Waals surface area (Å²) in [5.74, 6) is -0.367.